The average Bonchev–Trinajstić information content (AvgIpc) is 4.00. The zero-order valence-corrected chi connectivity index (χ0v) is 35.4. The van der Waals surface area contributed by atoms with Gasteiger partial charge in [-0.15, -0.1) is 11.3 Å². The van der Waals surface area contributed by atoms with E-state index in [9.17, 15) is 0 Å². The van der Waals surface area contributed by atoms with E-state index in [-0.39, 0.29) is 0 Å². The highest BCUT2D eigenvalue weighted by molar-refractivity contribution is 7.25. The van der Waals surface area contributed by atoms with Crippen LogP contribution in [0.25, 0.3) is 86.6 Å². The summed E-state index contributed by atoms with van der Waals surface area (Å²) in [5.41, 5.74) is 19.4. The van der Waals surface area contributed by atoms with Crippen molar-refractivity contribution in [2.75, 3.05) is 4.90 Å². The fraction of sp³-hybridized carbons (Fsp3) is 0.0164. The van der Waals surface area contributed by atoms with Crippen LogP contribution in [-0.4, -0.2) is 0 Å². The predicted octanol–water partition coefficient (Wildman–Crippen LogP) is 17.1. The highest BCUT2D eigenvalue weighted by Gasteiger charge is 2.50. The molecule has 0 amide bonds. The lowest BCUT2D eigenvalue weighted by molar-refractivity contribution is 0.669. The lowest BCUT2D eigenvalue weighted by atomic mass is 9.65. The standard InChI is InChI=1S/C61H37NOS/c1-2-17-38(18-3-1)40-19-8-13-28-54(40)62(55-29-16-31-57-60(55)47-25-9-14-30-56(47)63-57)39-33-34-45-42-21-5-4-20-41(42)43-22-6-11-26-50(43)61(52(45)35-39)51-27-12-7-23-44(51)48-36-49-46-24-10-15-32-58(46)64-59(49)37-53(48)61/h1-37H. The molecule has 12 aromatic rings. The third-order valence-corrected chi connectivity index (χ3v) is 15.0. The van der Waals surface area contributed by atoms with E-state index in [1.54, 1.807) is 0 Å². The Hall–Kier alpha value is -7.98. The van der Waals surface area contributed by atoms with Crippen molar-refractivity contribution in [1.29, 1.82) is 0 Å². The number of hydrogen-bond donors (Lipinski definition) is 0. The van der Waals surface area contributed by atoms with Crippen LogP contribution in [0.2, 0.25) is 0 Å². The van der Waals surface area contributed by atoms with Crippen molar-refractivity contribution in [1.82, 2.24) is 0 Å². The molecule has 10 aromatic carbocycles. The molecule has 1 atom stereocenters. The first-order valence-electron chi connectivity index (χ1n) is 22.0. The Labute approximate surface area is 374 Å². The number of para-hydroxylation sites is 2. The quantitative estimate of drug-likeness (QED) is 0.176. The van der Waals surface area contributed by atoms with Gasteiger partial charge in [0.15, 0.2) is 0 Å². The molecule has 3 heteroatoms. The molecule has 2 aromatic heterocycles. The third-order valence-electron chi connectivity index (χ3n) is 13.9. The van der Waals surface area contributed by atoms with Gasteiger partial charge in [0.05, 0.1) is 22.2 Å². The van der Waals surface area contributed by atoms with Crippen LogP contribution in [0.1, 0.15) is 22.3 Å². The summed E-state index contributed by atoms with van der Waals surface area (Å²) >= 11 is 1.90. The van der Waals surface area contributed by atoms with E-state index in [4.69, 9.17) is 4.42 Å². The van der Waals surface area contributed by atoms with Crippen molar-refractivity contribution in [3.05, 3.63) is 247 Å². The van der Waals surface area contributed by atoms with Crippen LogP contribution >= 0.6 is 11.3 Å². The molecule has 2 aliphatic carbocycles. The van der Waals surface area contributed by atoms with Gasteiger partial charge >= 0.3 is 0 Å². The second kappa shape index (κ2) is 13.5. The lowest BCUT2D eigenvalue weighted by Gasteiger charge is -2.37. The summed E-state index contributed by atoms with van der Waals surface area (Å²) in [5.74, 6) is 0. The first kappa shape index (κ1) is 35.6. The highest BCUT2D eigenvalue weighted by atomic mass is 32.1. The van der Waals surface area contributed by atoms with E-state index < -0.39 is 5.41 Å². The van der Waals surface area contributed by atoms with Crippen molar-refractivity contribution in [2.45, 2.75) is 5.41 Å². The molecule has 64 heavy (non-hydrogen) atoms. The number of fused-ring (bicyclic) bond motifs is 18. The molecule has 0 N–H and O–H groups in total. The lowest BCUT2D eigenvalue weighted by Crippen LogP contribution is -2.29. The Kier molecular flexibility index (Phi) is 7.51. The summed E-state index contributed by atoms with van der Waals surface area (Å²) < 4.78 is 9.22. The average molecular weight is 832 g/mol. The Morgan fingerprint density at radius 2 is 0.922 bits per heavy atom. The van der Waals surface area contributed by atoms with E-state index in [0.29, 0.717) is 0 Å². The van der Waals surface area contributed by atoms with Gasteiger partial charge in [-0.25, -0.2) is 0 Å². The van der Waals surface area contributed by atoms with Gasteiger partial charge in [-0.2, -0.15) is 0 Å². The monoisotopic (exact) mass is 831 g/mol. The van der Waals surface area contributed by atoms with Crippen LogP contribution in [0.3, 0.4) is 0 Å². The fourth-order valence-electron chi connectivity index (χ4n) is 11.3. The SMILES string of the molecule is c1ccc(-c2ccccc2N(c2ccc3c(c2)C2(c4ccccc4-c4ccccc4-3)c3ccccc3-c3cc4c(cc32)sc2ccccc24)c2cccc3oc4ccccc4c23)cc1. The number of hydrogen-bond acceptors (Lipinski definition) is 3. The van der Waals surface area contributed by atoms with Gasteiger partial charge in [-0.3, -0.25) is 0 Å². The van der Waals surface area contributed by atoms with Crippen molar-refractivity contribution in [3.8, 4) is 44.5 Å². The maximum absolute atomic E-state index is 6.60. The Bertz CT molecular complexity index is 3870. The van der Waals surface area contributed by atoms with Gasteiger partial charge in [-0.1, -0.05) is 170 Å². The molecule has 0 bridgehead atoms. The first-order chi connectivity index (χ1) is 31.8. The smallest absolute Gasteiger partial charge is 0.137 e. The predicted molar refractivity (Wildman–Crippen MR) is 268 cm³/mol. The minimum absolute atomic E-state index is 0.657. The summed E-state index contributed by atoms with van der Waals surface area (Å²) in [7, 11) is 0. The minimum Gasteiger partial charge on any atom is -0.456 e. The van der Waals surface area contributed by atoms with E-state index in [1.807, 2.05) is 11.3 Å². The summed E-state index contributed by atoms with van der Waals surface area (Å²) in [4.78, 5) is 2.49. The van der Waals surface area contributed by atoms with Gasteiger partial charge < -0.3 is 9.32 Å². The number of rotatable bonds is 4. The molecule has 1 unspecified atom stereocenters. The molecule has 1 spiro atoms. The van der Waals surface area contributed by atoms with Crippen LogP contribution in [0.5, 0.6) is 0 Å². The van der Waals surface area contributed by atoms with Gasteiger partial charge in [0.1, 0.15) is 11.2 Å². The largest absolute Gasteiger partial charge is 0.456 e. The molecule has 2 aliphatic rings. The number of benzene rings is 10. The maximum atomic E-state index is 6.60. The third kappa shape index (κ3) is 4.85. The molecule has 2 nitrogen and oxygen atoms in total. The number of furan rings is 1. The molecule has 2 heterocycles. The van der Waals surface area contributed by atoms with Crippen molar-refractivity contribution >= 4 is 70.5 Å². The Morgan fingerprint density at radius 1 is 0.344 bits per heavy atom. The van der Waals surface area contributed by atoms with Gasteiger partial charge in [0.25, 0.3) is 0 Å². The summed E-state index contributed by atoms with van der Waals surface area (Å²) in [6.45, 7) is 0. The van der Waals surface area contributed by atoms with E-state index in [0.717, 1.165) is 50.1 Å². The second-order valence-corrected chi connectivity index (χ2v) is 18.2. The number of thiophene rings is 1. The highest BCUT2D eigenvalue weighted by Crippen LogP contribution is 2.63. The molecular weight excluding hydrogens is 795 g/mol. The van der Waals surface area contributed by atoms with Crippen molar-refractivity contribution in [2.24, 2.45) is 0 Å². The zero-order valence-electron chi connectivity index (χ0n) is 34.6. The molecule has 0 saturated carbocycles. The Morgan fingerprint density at radius 3 is 1.72 bits per heavy atom. The van der Waals surface area contributed by atoms with Crippen LogP contribution in [0.4, 0.5) is 17.1 Å². The topological polar surface area (TPSA) is 16.4 Å². The van der Waals surface area contributed by atoms with Gasteiger partial charge in [-0.05, 0) is 116 Å². The molecule has 14 rings (SSSR count). The minimum atomic E-state index is -0.657. The maximum Gasteiger partial charge on any atom is 0.137 e. The second-order valence-electron chi connectivity index (χ2n) is 17.1. The Balaban J connectivity index is 1.14. The summed E-state index contributed by atoms with van der Waals surface area (Å²) in [6.07, 6.45) is 0. The summed E-state index contributed by atoms with van der Waals surface area (Å²) in [6, 6.07) is 83.1. The fourth-order valence-corrected chi connectivity index (χ4v) is 12.4. The van der Waals surface area contributed by atoms with Crippen LogP contribution in [0, 0.1) is 0 Å². The normalized spacial score (nSPS) is 14.6. The van der Waals surface area contributed by atoms with E-state index in [1.165, 1.54) is 75.8 Å². The van der Waals surface area contributed by atoms with E-state index in [2.05, 4.69) is 229 Å². The molecular formula is C61H37NOS. The number of anilines is 3. The zero-order chi connectivity index (χ0) is 41.9. The summed E-state index contributed by atoms with van der Waals surface area (Å²) in [5, 5.41) is 4.81. The van der Waals surface area contributed by atoms with Crippen molar-refractivity contribution in [3.63, 3.8) is 0 Å². The van der Waals surface area contributed by atoms with Gasteiger partial charge in [0.2, 0.25) is 0 Å². The van der Waals surface area contributed by atoms with Crippen molar-refractivity contribution < 1.29 is 4.42 Å². The molecule has 0 fully saturated rings. The van der Waals surface area contributed by atoms with E-state index >= 15 is 0 Å². The van der Waals surface area contributed by atoms with Gasteiger partial charge in [0, 0.05) is 36.8 Å². The van der Waals surface area contributed by atoms with Crippen LogP contribution in [-0.2, 0) is 5.41 Å². The molecule has 0 saturated heterocycles. The first-order valence-corrected chi connectivity index (χ1v) is 22.8. The van der Waals surface area contributed by atoms with Crippen LogP contribution < -0.4 is 4.90 Å². The van der Waals surface area contributed by atoms with Crippen LogP contribution in [0.15, 0.2) is 229 Å². The molecule has 0 radical (unpaired) electrons. The molecule has 298 valence electrons. The molecule has 0 aliphatic heterocycles. The number of nitrogens with zero attached hydrogens (tertiary/aromatic N) is 1.